The van der Waals surface area contributed by atoms with E-state index < -0.39 is 0 Å². The molecule has 0 saturated carbocycles. The highest BCUT2D eigenvalue weighted by atomic mass is 16.5. The van der Waals surface area contributed by atoms with Crippen LogP contribution in [0.1, 0.15) is 6.42 Å². The molecule has 0 bridgehead atoms. The number of methoxy groups -OCH3 is 2. The lowest BCUT2D eigenvalue weighted by molar-refractivity contribution is -0.140. The SMILES string of the molecule is COCCN(CCC(=O)OC)c1ccnc(N)c1. The van der Waals surface area contributed by atoms with E-state index in [1.807, 2.05) is 11.0 Å². The molecule has 0 radical (unpaired) electrons. The molecule has 1 heterocycles. The van der Waals surface area contributed by atoms with Gasteiger partial charge in [-0.1, -0.05) is 0 Å². The first kappa shape index (κ1) is 14.2. The Morgan fingerprint density at radius 2 is 2.22 bits per heavy atom. The van der Waals surface area contributed by atoms with E-state index in [4.69, 9.17) is 10.5 Å². The minimum Gasteiger partial charge on any atom is -0.469 e. The largest absolute Gasteiger partial charge is 0.469 e. The van der Waals surface area contributed by atoms with E-state index in [9.17, 15) is 4.79 Å². The molecule has 0 spiro atoms. The predicted octanol–water partition coefficient (Wildman–Crippen LogP) is 0.680. The first-order chi connectivity index (χ1) is 8.67. The summed E-state index contributed by atoms with van der Waals surface area (Å²) in [6, 6.07) is 3.62. The number of nitrogens with zero attached hydrogens (tertiary/aromatic N) is 2. The van der Waals surface area contributed by atoms with Gasteiger partial charge in [-0.2, -0.15) is 0 Å². The molecule has 0 aliphatic rings. The maximum atomic E-state index is 11.2. The molecular formula is C12H19N3O3. The second-order valence-corrected chi connectivity index (χ2v) is 3.74. The summed E-state index contributed by atoms with van der Waals surface area (Å²) in [5, 5.41) is 0. The standard InChI is InChI=1S/C12H19N3O3/c1-17-8-7-15(6-4-12(16)18-2)10-3-5-14-11(13)9-10/h3,5,9H,4,6-8H2,1-2H3,(H2,13,14). The summed E-state index contributed by atoms with van der Waals surface area (Å²) < 4.78 is 9.68. The number of carbonyl (C=O) groups is 1. The quantitative estimate of drug-likeness (QED) is 0.720. The van der Waals surface area contributed by atoms with Crippen LogP contribution in [0.3, 0.4) is 0 Å². The number of esters is 1. The van der Waals surface area contributed by atoms with E-state index in [-0.39, 0.29) is 5.97 Å². The lowest BCUT2D eigenvalue weighted by Crippen LogP contribution is -2.30. The van der Waals surface area contributed by atoms with E-state index in [1.165, 1.54) is 7.11 Å². The van der Waals surface area contributed by atoms with Crippen LogP contribution in [0.2, 0.25) is 0 Å². The third-order valence-electron chi connectivity index (χ3n) is 2.51. The molecule has 2 N–H and O–H groups in total. The third kappa shape index (κ3) is 4.58. The minimum atomic E-state index is -0.237. The highest BCUT2D eigenvalue weighted by Crippen LogP contribution is 2.15. The molecule has 1 aromatic rings. The van der Waals surface area contributed by atoms with E-state index in [2.05, 4.69) is 9.72 Å². The predicted molar refractivity (Wildman–Crippen MR) is 69.4 cm³/mol. The van der Waals surface area contributed by atoms with Gasteiger partial charge < -0.3 is 20.1 Å². The summed E-state index contributed by atoms with van der Waals surface area (Å²) in [5.41, 5.74) is 6.57. The summed E-state index contributed by atoms with van der Waals surface area (Å²) in [6.45, 7) is 1.81. The molecule has 0 unspecified atom stereocenters. The molecule has 0 saturated heterocycles. The van der Waals surface area contributed by atoms with Crippen LogP contribution in [0.15, 0.2) is 18.3 Å². The molecule has 100 valence electrons. The Labute approximate surface area is 107 Å². The first-order valence-corrected chi connectivity index (χ1v) is 5.69. The molecule has 0 aliphatic heterocycles. The van der Waals surface area contributed by atoms with Gasteiger partial charge in [0.05, 0.1) is 20.1 Å². The molecular weight excluding hydrogens is 234 g/mol. The molecule has 1 rings (SSSR count). The van der Waals surface area contributed by atoms with Crippen LogP contribution < -0.4 is 10.6 Å². The van der Waals surface area contributed by atoms with Crippen molar-refractivity contribution in [3.8, 4) is 0 Å². The average molecular weight is 253 g/mol. The van der Waals surface area contributed by atoms with Gasteiger partial charge in [-0.25, -0.2) is 4.98 Å². The maximum Gasteiger partial charge on any atom is 0.307 e. The van der Waals surface area contributed by atoms with Gasteiger partial charge >= 0.3 is 5.97 Å². The molecule has 0 atom stereocenters. The molecule has 18 heavy (non-hydrogen) atoms. The Morgan fingerprint density at radius 1 is 1.44 bits per heavy atom. The number of hydrogen-bond acceptors (Lipinski definition) is 6. The normalized spacial score (nSPS) is 10.1. The number of pyridine rings is 1. The smallest absolute Gasteiger partial charge is 0.307 e. The van der Waals surface area contributed by atoms with Gasteiger partial charge in [0.15, 0.2) is 0 Å². The fourth-order valence-electron chi connectivity index (χ4n) is 1.53. The Kier molecular flexibility index (Phi) is 5.93. The van der Waals surface area contributed by atoms with Crippen molar-refractivity contribution in [3.63, 3.8) is 0 Å². The number of carbonyl (C=O) groups excluding carboxylic acids is 1. The maximum absolute atomic E-state index is 11.2. The van der Waals surface area contributed by atoms with Crippen molar-refractivity contribution in [3.05, 3.63) is 18.3 Å². The molecule has 6 heteroatoms. The Balaban J connectivity index is 2.68. The zero-order valence-corrected chi connectivity index (χ0v) is 10.8. The Morgan fingerprint density at radius 3 is 2.83 bits per heavy atom. The number of nitrogen functional groups attached to an aromatic ring is 1. The molecule has 0 amide bonds. The fourth-order valence-corrected chi connectivity index (χ4v) is 1.53. The summed E-state index contributed by atoms with van der Waals surface area (Å²) in [6.07, 6.45) is 1.96. The molecule has 0 aliphatic carbocycles. The van der Waals surface area contributed by atoms with Gasteiger partial charge in [0.25, 0.3) is 0 Å². The molecule has 1 aromatic heterocycles. The Hall–Kier alpha value is -1.82. The highest BCUT2D eigenvalue weighted by Gasteiger charge is 2.09. The number of hydrogen-bond donors (Lipinski definition) is 1. The fraction of sp³-hybridized carbons (Fsp3) is 0.500. The van der Waals surface area contributed by atoms with Crippen molar-refractivity contribution in [2.45, 2.75) is 6.42 Å². The topological polar surface area (TPSA) is 77.7 Å². The van der Waals surface area contributed by atoms with Crippen LogP contribution in [-0.4, -0.2) is 44.9 Å². The van der Waals surface area contributed by atoms with Crippen molar-refractivity contribution in [1.82, 2.24) is 4.98 Å². The van der Waals surface area contributed by atoms with Gasteiger partial charge in [0.2, 0.25) is 0 Å². The monoisotopic (exact) mass is 253 g/mol. The van der Waals surface area contributed by atoms with Crippen molar-refractivity contribution in [2.75, 3.05) is 44.5 Å². The number of rotatable bonds is 7. The number of ether oxygens (including phenoxy) is 2. The summed E-state index contributed by atoms with van der Waals surface area (Å²) in [4.78, 5) is 17.1. The van der Waals surface area contributed by atoms with E-state index >= 15 is 0 Å². The summed E-state index contributed by atoms with van der Waals surface area (Å²) in [7, 11) is 3.02. The van der Waals surface area contributed by atoms with Crippen LogP contribution in [0.25, 0.3) is 0 Å². The van der Waals surface area contributed by atoms with Gasteiger partial charge in [-0.05, 0) is 6.07 Å². The second-order valence-electron chi connectivity index (χ2n) is 3.74. The Bertz CT molecular complexity index is 385. The second kappa shape index (κ2) is 7.50. The summed E-state index contributed by atoms with van der Waals surface area (Å²) >= 11 is 0. The lowest BCUT2D eigenvalue weighted by Gasteiger charge is -2.24. The highest BCUT2D eigenvalue weighted by molar-refractivity contribution is 5.70. The summed E-state index contributed by atoms with van der Waals surface area (Å²) in [5.74, 6) is 0.215. The molecule has 6 nitrogen and oxygen atoms in total. The number of nitrogens with two attached hydrogens (primary N) is 1. The van der Waals surface area contributed by atoms with Crippen LogP contribution >= 0.6 is 0 Å². The van der Waals surface area contributed by atoms with Crippen molar-refractivity contribution in [2.24, 2.45) is 0 Å². The van der Waals surface area contributed by atoms with Crippen LogP contribution in [0.5, 0.6) is 0 Å². The van der Waals surface area contributed by atoms with Gasteiger partial charge in [-0.15, -0.1) is 0 Å². The lowest BCUT2D eigenvalue weighted by atomic mass is 10.3. The minimum absolute atomic E-state index is 0.237. The van der Waals surface area contributed by atoms with E-state index in [0.717, 1.165) is 5.69 Å². The number of aromatic nitrogens is 1. The van der Waals surface area contributed by atoms with Crippen LogP contribution in [0, 0.1) is 0 Å². The first-order valence-electron chi connectivity index (χ1n) is 5.69. The molecule has 0 aromatic carbocycles. The average Bonchev–Trinajstić information content (AvgIpc) is 2.38. The van der Waals surface area contributed by atoms with Crippen molar-refractivity contribution in [1.29, 1.82) is 0 Å². The zero-order chi connectivity index (χ0) is 13.4. The van der Waals surface area contributed by atoms with Gasteiger partial charge in [0, 0.05) is 38.1 Å². The van der Waals surface area contributed by atoms with Gasteiger partial charge in [0.1, 0.15) is 5.82 Å². The zero-order valence-electron chi connectivity index (χ0n) is 10.8. The van der Waals surface area contributed by atoms with Crippen LogP contribution in [0.4, 0.5) is 11.5 Å². The van der Waals surface area contributed by atoms with E-state index in [0.29, 0.717) is 31.9 Å². The van der Waals surface area contributed by atoms with Crippen LogP contribution in [-0.2, 0) is 14.3 Å². The van der Waals surface area contributed by atoms with Crippen molar-refractivity contribution >= 4 is 17.5 Å². The number of anilines is 2. The van der Waals surface area contributed by atoms with Gasteiger partial charge in [-0.3, -0.25) is 4.79 Å². The van der Waals surface area contributed by atoms with Crippen molar-refractivity contribution < 1.29 is 14.3 Å². The molecule has 0 fully saturated rings. The van der Waals surface area contributed by atoms with E-state index in [1.54, 1.807) is 19.4 Å². The third-order valence-corrected chi connectivity index (χ3v) is 2.51.